The zero-order valence-electron chi connectivity index (χ0n) is 15.6. The van der Waals surface area contributed by atoms with Gasteiger partial charge in [0, 0.05) is 24.0 Å². The molecule has 0 aromatic heterocycles. The van der Waals surface area contributed by atoms with Crippen molar-refractivity contribution in [1.29, 1.82) is 0 Å². The number of para-hydroxylation sites is 1. The Balaban J connectivity index is 1.57. The van der Waals surface area contributed by atoms with Crippen LogP contribution < -0.4 is 10.9 Å². The number of amides is 2. The zero-order valence-corrected chi connectivity index (χ0v) is 18.0. The van der Waals surface area contributed by atoms with E-state index < -0.39 is 27.8 Å². The van der Waals surface area contributed by atoms with Gasteiger partial charge in [-0.05, 0) is 43.2 Å². The van der Waals surface area contributed by atoms with Crippen molar-refractivity contribution >= 4 is 45.0 Å². The number of carbonyl (C=O) groups excluding carboxylic acids is 2. The van der Waals surface area contributed by atoms with E-state index in [0.717, 1.165) is 0 Å². The van der Waals surface area contributed by atoms with Gasteiger partial charge in [-0.3, -0.25) is 20.4 Å². The van der Waals surface area contributed by atoms with Crippen molar-refractivity contribution in [2.45, 2.75) is 17.7 Å². The molecule has 1 aliphatic rings. The SMILES string of the molecule is O=C(NNC(=O)C1CCN(S(=O)(=O)c2cc(Cl)ccc2Cl)CC1)c1ccccc1O. The molecule has 0 radical (unpaired) electrons. The highest BCUT2D eigenvalue weighted by molar-refractivity contribution is 7.89. The third kappa shape index (κ3) is 4.86. The summed E-state index contributed by atoms with van der Waals surface area (Å²) in [7, 11) is -3.84. The van der Waals surface area contributed by atoms with Gasteiger partial charge in [-0.2, -0.15) is 4.31 Å². The smallest absolute Gasteiger partial charge is 0.273 e. The maximum atomic E-state index is 12.8. The van der Waals surface area contributed by atoms with Gasteiger partial charge >= 0.3 is 0 Å². The summed E-state index contributed by atoms with van der Waals surface area (Å²) in [6.45, 7) is 0.243. The third-order valence-electron chi connectivity index (χ3n) is 4.78. The highest BCUT2D eigenvalue weighted by Crippen LogP contribution is 2.30. The molecule has 30 heavy (non-hydrogen) atoms. The second-order valence-corrected chi connectivity index (χ2v) is 9.46. The number of phenols is 1. The van der Waals surface area contributed by atoms with E-state index in [2.05, 4.69) is 10.9 Å². The van der Waals surface area contributed by atoms with E-state index >= 15 is 0 Å². The van der Waals surface area contributed by atoms with E-state index in [1.807, 2.05) is 0 Å². The van der Waals surface area contributed by atoms with E-state index in [1.165, 1.54) is 34.6 Å². The Morgan fingerprint density at radius 3 is 2.37 bits per heavy atom. The summed E-state index contributed by atoms with van der Waals surface area (Å²) in [5, 5.41) is 10.0. The fraction of sp³-hybridized carbons (Fsp3) is 0.263. The van der Waals surface area contributed by atoms with Crippen molar-refractivity contribution < 1.29 is 23.1 Å². The highest BCUT2D eigenvalue weighted by atomic mass is 35.5. The summed E-state index contributed by atoms with van der Waals surface area (Å²) in [6, 6.07) is 10.2. The molecule has 1 heterocycles. The molecule has 3 rings (SSSR count). The van der Waals surface area contributed by atoms with Gasteiger partial charge in [0.15, 0.2) is 0 Å². The van der Waals surface area contributed by atoms with Gasteiger partial charge in [0.05, 0.1) is 10.6 Å². The molecule has 1 fully saturated rings. The van der Waals surface area contributed by atoms with Crippen LogP contribution in [-0.2, 0) is 14.8 Å². The molecule has 0 bridgehead atoms. The molecule has 0 aliphatic carbocycles. The molecule has 8 nitrogen and oxygen atoms in total. The van der Waals surface area contributed by atoms with Gasteiger partial charge < -0.3 is 5.11 Å². The third-order valence-corrected chi connectivity index (χ3v) is 7.40. The van der Waals surface area contributed by atoms with Gasteiger partial charge in [0.25, 0.3) is 5.91 Å². The lowest BCUT2D eigenvalue weighted by Crippen LogP contribution is -2.48. The molecule has 0 unspecified atom stereocenters. The van der Waals surface area contributed by atoms with Crippen LogP contribution in [0.25, 0.3) is 0 Å². The van der Waals surface area contributed by atoms with E-state index in [4.69, 9.17) is 23.2 Å². The molecule has 0 spiro atoms. The lowest BCUT2D eigenvalue weighted by atomic mass is 9.98. The number of carbonyl (C=O) groups is 2. The number of benzene rings is 2. The van der Waals surface area contributed by atoms with Gasteiger partial charge in [0.2, 0.25) is 15.9 Å². The largest absolute Gasteiger partial charge is 0.507 e. The van der Waals surface area contributed by atoms with Gasteiger partial charge in [-0.15, -0.1) is 0 Å². The van der Waals surface area contributed by atoms with Gasteiger partial charge in [0.1, 0.15) is 10.6 Å². The molecular weight excluding hydrogens is 453 g/mol. The summed E-state index contributed by atoms with van der Waals surface area (Å²) in [4.78, 5) is 24.3. The van der Waals surface area contributed by atoms with Crippen LogP contribution in [0.5, 0.6) is 5.75 Å². The number of rotatable bonds is 4. The number of hydrazine groups is 1. The number of sulfonamides is 1. The van der Waals surface area contributed by atoms with Crippen LogP contribution in [0.15, 0.2) is 47.4 Å². The van der Waals surface area contributed by atoms with Crippen molar-refractivity contribution in [3.8, 4) is 5.75 Å². The monoisotopic (exact) mass is 471 g/mol. The Kier molecular flexibility index (Phi) is 6.87. The molecule has 2 amide bonds. The van der Waals surface area contributed by atoms with E-state index in [9.17, 15) is 23.1 Å². The van der Waals surface area contributed by atoms with Gasteiger partial charge in [-0.25, -0.2) is 8.42 Å². The minimum atomic E-state index is -3.84. The van der Waals surface area contributed by atoms with Gasteiger partial charge in [-0.1, -0.05) is 35.3 Å². The van der Waals surface area contributed by atoms with Crippen LogP contribution in [0.3, 0.4) is 0 Å². The quantitative estimate of drug-likeness (QED) is 0.592. The maximum absolute atomic E-state index is 12.8. The summed E-state index contributed by atoms with van der Waals surface area (Å²) in [6.07, 6.45) is 0.547. The molecule has 1 aliphatic heterocycles. The fourth-order valence-corrected chi connectivity index (χ4v) is 5.33. The van der Waals surface area contributed by atoms with Crippen molar-refractivity contribution in [2.24, 2.45) is 5.92 Å². The first kappa shape index (κ1) is 22.4. The van der Waals surface area contributed by atoms with Crippen molar-refractivity contribution in [2.75, 3.05) is 13.1 Å². The summed E-state index contributed by atoms with van der Waals surface area (Å²) >= 11 is 11.9. The molecule has 2 aromatic rings. The Bertz CT molecular complexity index is 1070. The number of piperidine rings is 1. The average molecular weight is 472 g/mol. The van der Waals surface area contributed by atoms with E-state index in [1.54, 1.807) is 12.1 Å². The molecule has 3 N–H and O–H groups in total. The van der Waals surface area contributed by atoms with E-state index in [0.29, 0.717) is 0 Å². The molecule has 2 aromatic carbocycles. The number of aromatic hydroxyl groups is 1. The molecule has 0 saturated carbocycles. The number of hydrogen-bond donors (Lipinski definition) is 3. The summed E-state index contributed by atoms with van der Waals surface area (Å²) in [5.74, 6) is -1.77. The van der Waals surface area contributed by atoms with E-state index in [-0.39, 0.29) is 52.2 Å². The van der Waals surface area contributed by atoms with Crippen LogP contribution in [0, 0.1) is 5.92 Å². The molecule has 11 heteroatoms. The predicted octanol–water partition coefficient (Wildman–Crippen LogP) is 2.56. The molecule has 0 atom stereocenters. The number of phenolic OH excluding ortho intramolecular Hbond substituents is 1. The minimum Gasteiger partial charge on any atom is -0.507 e. The fourth-order valence-electron chi connectivity index (χ4n) is 3.13. The summed E-state index contributed by atoms with van der Waals surface area (Å²) < 4.78 is 26.9. The predicted molar refractivity (Wildman–Crippen MR) is 112 cm³/mol. The Hall–Kier alpha value is -2.33. The lowest BCUT2D eigenvalue weighted by molar-refractivity contribution is -0.126. The first-order valence-electron chi connectivity index (χ1n) is 9.03. The Labute approximate surface area is 183 Å². The first-order valence-corrected chi connectivity index (χ1v) is 11.2. The molecular formula is C19H19Cl2N3O5S. The normalized spacial score (nSPS) is 15.5. The van der Waals surface area contributed by atoms with Crippen LogP contribution in [0.1, 0.15) is 23.2 Å². The van der Waals surface area contributed by atoms with Crippen molar-refractivity contribution in [1.82, 2.24) is 15.2 Å². The van der Waals surface area contributed by atoms with Crippen LogP contribution in [-0.4, -0.2) is 42.7 Å². The molecule has 160 valence electrons. The average Bonchev–Trinajstić information content (AvgIpc) is 2.73. The van der Waals surface area contributed by atoms with Crippen LogP contribution in [0.4, 0.5) is 0 Å². The number of nitrogens with zero attached hydrogens (tertiary/aromatic N) is 1. The standard InChI is InChI=1S/C19H19Cl2N3O5S/c20-13-5-6-15(21)17(11-13)30(28,29)24-9-7-12(8-10-24)18(26)22-23-19(27)14-3-1-2-4-16(14)25/h1-6,11-12,25H,7-10H2,(H,22,26)(H,23,27). The summed E-state index contributed by atoms with van der Waals surface area (Å²) in [5.41, 5.74) is 4.60. The zero-order chi connectivity index (χ0) is 21.9. The van der Waals surface area contributed by atoms with Crippen LogP contribution in [0.2, 0.25) is 10.0 Å². The topological polar surface area (TPSA) is 116 Å². The first-order chi connectivity index (χ1) is 14.2. The van der Waals surface area contributed by atoms with Crippen LogP contribution >= 0.6 is 23.2 Å². The molecule has 1 saturated heterocycles. The number of hydrogen-bond acceptors (Lipinski definition) is 5. The Morgan fingerprint density at radius 2 is 1.70 bits per heavy atom. The maximum Gasteiger partial charge on any atom is 0.273 e. The number of halogens is 2. The lowest BCUT2D eigenvalue weighted by Gasteiger charge is -2.30. The Morgan fingerprint density at radius 1 is 1.03 bits per heavy atom. The highest BCUT2D eigenvalue weighted by Gasteiger charge is 2.33. The second-order valence-electron chi connectivity index (χ2n) is 6.71. The minimum absolute atomic E-state index is 0.0251. The van der Waals surface area contributed by atoms with Crippen molar-refractivity contribution in [3.05, 3.63) is 58.1 Å². The van der Waals surface area contributed by atoms with Crippen molar-refractivity contribution in [3.63, 3.8) is 0 Å². The number of nitrogens with one attached hydrogen (secondary N) is 2. The second kappa shape index (κ2) is 9.22.